The molecule has 2 aromatic heterocycles. The molecule has 5 heteroatoms. The van der Waals surface area contributed by atoms with Crippen molar-refractivity contribution >= 4 is 5.91 Å². The predicted molar refractivity (Wildman–Crippen MR) is 74.9 cm³/mol. The standard InChI is InChI=1S/C15H18N4O/c1-10-18-13-6-5-11(8-14(13)19-10)15(20)17-9-12-4-2-3-7-16-12/h2-4,7,11H,5-6,8-9H2,1H3,(H,17,20)(H,18,19). The molecule has 1 aliphatic carbocycles. The Kier molecular flexibility index (Phi) is 3.50. The molecule has 2 N–H and O–H groups in total. The highest BCUT2D eigenvalue weighted by molar-refractivity contribution is 5.79. The second-order valence-electron chi connectivity index (χ2n) is 5.23. The Morgan fingerprint density at radius 1 is 1.50 bits per heavy atom. The molecule has 0 fully saturated rings. The lowest BCUT2D eigenvalue weighted by molar-refractivity contribution is -0.125. The number of carbonyl (C=O) groups excluding carboxylic acids is 1. The van der Waals surface area contributed by atoms with E-state index in [-0.39, 0.29) is 11.8 Å². The number of hydrogen-bond donors (Lipinski definition) is 2. The Morgan fingerprint density at radius 2 is 2.40 bits per heavy atom. The first-order chi connectivity index (χ1) is 9.72. The van der Waals surface area contributed by atoms with Gasteiger partial charge in [0.1, 0.15) is 5.82 Å². The number of imidazole rings is 1. The van der Waals surface area contributed by atoms with Crippen molar-refractivity contribution in [2.24, 2.45) is 5.92 Å². The number of fused-ring (bicyclic) bond motifs is 1. The van der Waals surface area contributed by atoms with Crippen LogP contribution in [0.2, 0.25) is 0 Å². The summed E-state index contributed by atoms with van der Waals surface area (Å²) in [6.45, 7) is 2.44. The van der Waals surface area contributed by atoms with E-state index in [1.54, 1.807) is 6.20 Å². The molecular weight excluding hydrogens is 252 g/mol. The Balaban J connectivity index is 1.59. The predicted octanol–water partition coefficient (Wildman–Crippen LogP) is 1.53. The van der Waals surface area contributed by atoms with E-state index in [0.29, 0.717) is 6.54 Å². The van der Waals surface area contributed by atoms with Crippen LogP contribution in [0.1, 0.15) is 29.3 Å². The summed E-state index contributed by atoms with van der Waals surface area (Å²) in [4.78, 5) is 24.1. The van der Waals surface area contributed by atoms with Crippen LogP contribution in [0.4, 0.5) is 0 Å². The summed E-state index contributed by atoms with van der Waals surface area (Å²) in [7, 11) is 0. The second-order valence-corrected chi connectivity index (χ2v) is 5.23. The number of hydrogen-bond acceptors (Lipinski definition) is 3. The van der Waals surface area contributed by atoms with Gasteiger partial charge in [-0.3, -0.25) is 9.78 Å². The van der Waals surface area contributed by atoms with Gasteiger partial charge in [0.05, 0.1) is 17.9 Å². The number of nitrogens with zero attached hydrogens (tertiary/aromatic N) is 2. The monoisotopic (exact) mass is 270 g/mol. The third-order valence-corrected chi connectivity index (χ3v) is 3.70. The maximum absolute atomic E-state index is 12.2. The van der Waals surface area contributed by atoms with Gasteiger partial charge in [-0.15, -0.1) is 0 Å². The van der Waals surface area contributed by atoms with Crippen molar-refractivity contribution in [3.05, 3.63) is 47.3 Å². The third kappa shape index (κ3) is 2.71. The molecular formula is C15H18N4O. The first kappa shape index (κ1) is 12.8. The lowest BCUT2D eigenvalue weighted by atomic mass is 9.89. The van der Waals surface area contributed by atoms with Crippen LogP contribution < -0.4 is 5.32 Å². The number of aromatic amines is 1. The SMILES string of the molecule is Cc1nc2c([nH]1)CC(C(=O)NCc1ccccn1)CC2. The summed E-state index contributed by atoms with van der Waals surface area (Å²) in [6, 6.07) is 5.71. The van der Waals surface area contributed by atoms with Crippen molar-refractivity contribution in [1.82, 2.24) is 20.3 Å². The summed E-state index contributed by atoms with van der Waals surface area (Å²) < 4.78 is 0. The zero-order valence-electron chi connectivity index (χ0n) is 11.5. The van der Waals surface area contributed by atoms with Crippen LogP contribution in [0.25, 0.3) is 0 Å². The number of nitrogens with one attached hydrogen (secondary N) is 2. The fourth-order valence-electron chi connectivity index (χ4n) is 2.67. The Hall–Kier alpha value is -2.17. The summed E-state index contributed by atoms with van der Waals surface area (Å²) in [5, 5.41) is 2.97. The molecule has 1 amide bonds. The minimum absolute atomic E-state index is 0.0334. The number of aromatic nitrogens is 3. The molecule has 5 nitrogen and oxygen atoms in total. The molecule has 0 spiro atoms. The van der Waals surface area contributed by atoms with Crippen LogP contribution in [-0.2, 0) is 24.2 Å². The lowest BCUT2D eigenvalue weighted by Crippen LogP contribution is -2.33. The van der Waals surface area contributed by atoms with E-state index in [0.717, 1.165) is 42.2 Å². The molecule has 1 atom stereocenters. The van der Waals surface area contributed by atoms with E-state index >= 15 is 0 Å². The molecule has 1 aliphatic rings. The van der Waals surface area contributed by atoms with Crippen molar-refractivity contribution in [3.63, 3.8) is 0 Å². The number of carbonyl (C=O) groups is 1. The highest BCUT2D eigenvalue weighted by Crippen LogP contribution is 2.23. The molecule has 0 aromatic carbocycles. The van der Waals surface area contributed by atoms with E-state index in [9.17, 15) is 4.79 Å². The summed E-state index contributed by atoms with van der Waals surface area (Å²) >= 11 is 0. The second kappa shape index (κ2) is 5.45. The van der Waals surface area contributed by atoms with E-state index in [2.05, 4.69) is 20.3 Å². The van der Waals surface area contributed by atoms with Gasteiger partial charge in [0.15, 0.2) is 0 Å². The summed E-state index contributed by atoms with van der Waals surface area (Å²) in [6.07, 6.45) is 4.23. The van der Waals surface area contributed by atoms with Crippen LogP contribution in [0, 0.1) is 12.8 Å². The van der Waals surface area contributed by atoms with E-state index in [4.69, 9.17) is 0 Å². The number of pyridine rings is 1. The molecule has 0 saturated carbocycles. The normalized spacial score (nSPS) is 17.6. The summed E-state index contributed by atoms with van der Waals surface area (Å²) in [5.74, 6) is 1.07. The number of rotatable bonds is 3. The first-order valence-corrected chi connectivity index (χ1v) is 6.94. The van der Waals surface area contributed by atoms with Gasteiger partial charge in [-0.05, 0) is 31.9 Å². The van der Waals surface area contributed by atoms with Crippen LogP contribution in [-0.4, -0.2) is 20.9 Å². The summed E-state index contributed by atoms with van der Waals surface area (Å²) in [5.41, 5.74) is 3.12. The van der Waals surface area contributed by atoms with Gasteiger partial charge in [-0.1, -0.05) is 6.07 Å². The molecule has 20 heavy (non-hydrogen) atoms. The van der Waals surface area contributed by atoms with Gasteiger partial charge in [0.25, 0.3) is 0 Å². The largest absolute Gasteiger partial charge is 0.350 e. The third-order valence-electron chi connectivity index (χ3n) is 3.70. The Morgan fingerprint density at radius 3 is 3.20 bits per heavy atom. The minimum Gasteiger partial charge on any atom is -0.350 e. The smallest absolute Gasteiger partial charge is 0.223 e. The molecule has 0 radical (unpaired) electrons. The van der Waals surface area contributed by atoms with Crippen molar-refractivity contribution in [2.45, 2.75) is 32.7 Å². The van der Waals surface area contributed by atoms with Gasteiger partial charge in [0, 0.05) is 24.2 Å². The molecule has 0 aliphatic heterocycles. The van der Waals surface area contributed by atoms with Gasteiger partial charge in [-0.25, -0.2) is 4.98 Å². The topological polar surface area (TPSA) is 70.7 Å². The van der Waals surface area contributed by atoms with Crippen molar-refractivity contribution in [1.29, 1.82) is 0 Å². The number of amides is 1. The maximum atomic E-state index is 12.2. The molecule has 1 unspecified atom stereocenters. The Labute approximate surface area is 117 Å². The van der Waals surface area contributed by atoms with Gasteiger partial charge < -0.3 is 10.3 Å². The number of aryl methyl sites for hydroxylation is 2. The fourth-order valence-corrected chi connectivity index (χ4v) is 2.67. The molecule has 0 saturated heterocycles. The maximum Gasteiger partial charge on any atom is 0.223 e. The van der Waals surface area contributed by atoms with Gasteiger partial charge in [-0.2, -0.15) is 0 Å². The van der Waals surface area contributed by atoms with Gasteiger partial charge >= 0.3 is 0 Å². The molecule has 2 aromatic rings. The average Bonchev–Trinajstić information content (AvgIpc) is 2.85. The number of H-pyrrole nitrogens is 1. The van der Waals surface area contributed by atoms with Crippen molar-refractivity contribution < 1.29 is 4.79 Å². The minimum atomic E-state index is 0.0334. The van der Waals surface area contributed by atoms with Crippen LogP contribution in [0.15, 0.2) is 24.4 Å². The van der Waals surface area contributed by atoms with Crippen molar-refractivity contribution in [3.8, 4) is 0 Å². The van der Waals surface area contributed by atoms with E-state index in [1.807, 2.05) is 25.1 Å². The van der Waals surface area contributed by atoms with Gasteiger partial charge in [0.2, 0.25) is 5.91 Å². The molecule has 2 heterocycles. The zero-order chi connectivity index (χ0) is 13.9. The van der Waals surface area contributed by atoms with Crippen LogP contribution >= 0.6 is 0 Å². The fraction of sp³-hybridized carbons (Fsp3) is 0.400. The highest BCUT2D eigenvalue weighted by Gasteiger charge is 2.26. The van der Waals surface area contributed by atoms with Crippen LogP contribution in [0.5, 0.6) is 0 Å². The Bertz CT molecular complexity index is 606. The zero-order valence-corrected chi connectivity index (χ0v) is 11.5. The van der Waals surface area contributed by atoms with Crippen LogP contribution in [0.3, 0.4) is 0 Å². The molecule has 104 valence electrons. The molecule has 0 bridgehead atoms. The van der Waals surface area contributed by atoms with Crippen molar-refractivity contribution in [2.75, 3.05) is 0 Å². The first-order valence-electron chi connectivity index (χ1n) is 6.94. The molecule has 3 rings (SSSR count). The quantitative estimate of drug-likeness (QED) is 0.888. The van der Waals surface area contributed by atoms with E-state index < -0.39 is 0 Å². The van der Waals surface area contributed by atoms with E-state index in [1.165, 1.54) is 0 Å². The highest BCUT2D eigenvalue weighted by atomic mass is 16.1. The lowest BCUT2D eigenvalue weighted by Gasteiger charge is -2.20. The average molecular weight is 270 g/mol.